The summed E-state index contributed by atoms with van der Waals surface area (Å²) in [5.74, 6) is 0.426. The number of rotatable bonds is 3. The topological polar surface area (TPSA) is 51.2 Å². The fraction of sp³-hybridized carbons (Fsp3) is 0.111. The van der Waals surface area contributed by atoms with E-state index in [2.05, 4.69) is 10.3 Å². The molecule has 22 heavy (non-hydrogen) atoms. The van der Waals surface area contributed by atoms with E-state index in [1.54, 1.807) is 13.3 Å². The highest BCUT2D eigenvalue weighted by Crippen LogP contribution is 2.26. The number of benzene rings is 2. The Morgan fingerprint density at radius 1 is 1.14 bits per heavy atom. The molecule has 1 amide bonds. The molecule has 110 valence electrons. The van der Waals surface area contributed by atoms with Crippen LogP contribution in [-0.4, -0.2) is 18.0 Å². The molecule has 1 heterocycles. The number of nitrogens with one attached hydrogen (secondary N) is 1. The van der Waals surface area contributed by atoms with Crippen molar-refractivity contribution in [2.75, 3.05) is 12.4 Å². The van der Waals surface area contributed by atoms with Crippen molar-refractivity contribution in [2.45, 2.75) is 6.92 Å². The van der Waals surface area contributed by atoms with Crippen molar-refractivity contribution in [1.82, 2.24) is 4.98 Å². The van der Waals surface area contributed by atoms with Gasteiger partial charge in [-0.25, -0.2) is 0 Å². The van der Waals surface area contributed by atoms with Crippen molar-refractivity contribution in [3.63, 3.8) is 0 Å². The molecule has 0 saturated carbocycles. The molecule has 2 aromatic carbocycles. The molecule has 3 rings (SSSR count). The summed E-state index contributed by atoms with van der Waals surface area (Å²) in [5, 5.41) is 3.82. The molecular weight excluding hydrogens is 276 g/mol. The molecule has 0 aliphatic rings. The second-order valence-corrected chi connectivity index (χ2v) is 5.07. The standard InChI is InChI=1S/C18H16N2O2/c1-12-7-8-17(22-2)16(9-12)20-18(21)14-10-13-5-3-4-6-15(13)19-11-14/h3-11H,1-2H3,(H,20,21). The fourth-order valence-corrected chi connectivity index (χ4v) is 2.31. The molecule has 0 spiro atoms. The van der Waals surface area contributed by atoms with Crippen LogP contribution in [0.5, 0.6) is 5.75 Å². The van der Waals surface area contributed by atoms with E-state index in [4.69, 9.17) is 4.74 Å². The summed E-state index contributed by atoms with van der Waals surface area (Å²) in [6, 6.07) is 15.2. The first-order valence-corrected chi connectivity index (χ1v) is 6.98. The molecule has 0 saturated heterocycles. The number of pyridine rings is 1. The number of fused-ring (bicyclic) bond motifs is 1. The van der Waals surface area contributed by atoms with Crippen LogP contribution in [0.4, 0.5) is 5.69 Å². The molecule has 0 bridgehead atoms. The summed E-state index contributed by atoms with van der Waals surface area (Å²) in [4.78, 5) is 16.7. The number of hydrogen-bond acceptors (Lipinski definition) is 3. The Labute approximate surface area is 128 Å². The minimum atomic E-state index is -0.206. The van der Waals surface area contributed by atoms with Crippen molar-refractivity contribution in [2.24, 2.45) is 0 Å². The third kappa shape index (κ3) is 2.76. The van der Waals surface area contributed by atoms with Gasteiger partial charge in [-0.3, -0.25) is 9.78 Å². The fourth-order valence-electron chi connectivity index (χ4n) is 2.31. The number of nitrogens with zero attached hydrogens (tertiary/aromatic N) is 1. The number of aromatic nitrogens is 1. The van der Waals surface area contributed by atoms with Gasteiger partial charge in [0.1, 0.15) is 5.75 Å². The molecule has 0 radical (unpaired) electrons. The third-order valence-electron chi connectivity index (χ3n) is 3.46. The van der Waals surface area contributed by atoms with Crippen LogP contribution in [0.3, 0.4) is 0 Å². The largest absolute Gasteiger partial charge is 0.495 e. The maximum Gasteiger partial charge on any atom is 0.257 e. The summed E-state index contributed by atoms with van der Waals surface area (Å²) in [6.45, 7) is 1.96. The molecule has 1 aromatic heterocycles. The number of carbonyl (C=O) groups excluding carboxylic acids is 1. The Bertz CT molecular complexity index is 843. The number of hydrogen-bond donors (Lipinski definition) is 1. The van der Waals surface area contributed by atoms with Gasteiger partial charge in [0.2, 0.25) is 0 Å². The average molecular weight is 292 g/mol. The van der Waals surface area contributed by atoms with Crippen LogP contribution in [0, 0.1) is 6.92 Å². The lowest BCUT2D eigenvalue weighted by Gasteiger charge is -2.11. The SMILES string of the molecule is COc1ccc(C)cc1NC(=O)c1cnc2ccccc2c1. The van der Waals surface area contributed by atoms with E-state index in [1.807, 2.05) is 55.5 Å². The zero-order valence-corrected chi connectivity index (χ0v) is 12.5. The van der Waals surface area contributed by atoms with Gasteiger partial charge in [0, 0.05) is 11.6 Å². The van der Waals surface area contributed by atoms with Gasteiger partial charge in [-0.05, 0) is 36.8 Å². The van der Waals surface area contributed by atoms with E-state index in [9.17, 15) is 4.79 Å². The van der Waals surface area contributed by atoms with E-state index in [1.165, 1.54) is 0 Å². The lowest BCUT2D eigenvalue weighted by Crippen LogP contribution is -2.13. The summed E-state index contributed by atoms with van der Waals surface area (Å²) in [7, 11) is 1.58. The van der Waals surface area contributed by atoms with Crippen LogP contribution in [0.2, 0.25) is 0 Å². The molecule has 1 N–H and O–H groups in total. The number of aryl methyl sites for hydroxylation is 1. The van der Waals surface area contributed by atoms with E-state index in [-0.39, 0.29) is 5.91 Å². The number of carbonyl (C=O) groups is 1. The van der Waals surface area contributed by atoms with Crippen LogP contribution < -0.4 is 10.1 Å². The van der Waals surface area contributed by atoms with Crippen LogP contribution in [0.1, 0.15) is 15.9 Å². The quantitative estimate of drug-likeness (QED) is 0.798. The average Bonchev–Trinajstić information content (AvgIpc) is 2.54. The summed E-state index contributed by atoms with van der Waals surface area (Å²) >= 11 is 0. The summed E-state index contributed by atoms with van der Waals surface area (Å²) in [6.07, 6.45) is 1.58. The molecule has 4 nitrogen and oxygen atoms in total. The number of amides is 1. The van der Waals surface area contributed by atoms with Gasteiger partial charge < -0.3 is 10.1 Å². The Hall–Kier alpha value is -2.88. The van der Waals surface area contributed by atoms with Crippen molar-refractivity contribution in [1.29, 1.82) is 0 Å². The highest BCUT2D eigenvalue weighted by Gasteiger charge is 2.11. The van der Waals surface area contributed by atoms with Crippen LogP contribution in [0.15, 0.2) is 54.7 Å². The predicted octanol–water partition coefficient (Wildman–Crippen LogP) is 3.80. The summed E-state index contributed by atoms with van der Waals surface area (Å²) < 4.78 is 5.28. The number of methoxy groups -OCH3 is 1. The molecule has 0 fully saturated rings. The van der Waals surface area contributed by atoms with Gasteiger partial charge in [-0.2, -0.15) is 0 Å². The monoisotopic (exact) mass is 292 g/mol. The molecule has 0 unspecified atom stereocenters. The first-order valence-electron chi connectivity index (χ1n) is 6.98. The normalized spacial score (nSPS) is 10.5. The van der Waals surface area contributed by atoms with Gasteiger partial charge in [0.15, 0.2) is 0 Å². The van der Waals surface area contributed by atoms with Gasteiger partial charge in [-0.15, -0.1) is 0 Å². The number of para-hydroxylation sites is 1. The first kappa shape index (κ1) is 14.1. The van der Waals surface area contributed by atoms with E-state index < -0.39 is 0 Å². The van der Waals surface area contributed by atoms with E-state index >= 15 is 0 Å². The maximum absolute atomic E-state index is 12.4. The van der Waals surface area contributed by atoms with Gasteiger partial charge in [0.25, 0.3) is 5.91 Å². The van der Waals surface area contributed by atoms with Crippen LogP contribution in [0.25, 0.3) is 10.9 Å². The Morgan fingerprint density at radius 3 is 2.77 bits per heavy atom. The van der Waals surface area contributed by atoms with E-state index in [0.29, 0.717) is 17.0 Å². The third-order valence-corrected chi connectivity index (χ3v) is 3.46. The van der Waals surface area contributed by atoms with Crippen LogP contribution >= 0.6 is 0 Å². The molecule has 4 heteroatoms. The predicted molar refractivity (Wildman–Crippen MR) is 87.4 cm³/mol. The maximum atomic E-state index is 12.4. The molecular formula is C18H16N2O2. The van der Waals surface area contributed by atoms with Gasteiger partial charge >= 0.3 is 0 Å². The van der Waals surface area contributed by atoms with E-state index in [0.717, 1.165) is 16.5 Å². The molecule has 3 aromatic rings. The smallest absolute Gasteiger partial charge is 0.257 e. The Morgan fingerprint density at radius 2 is 1.95 bits per heavy atom. The number of anilines is 1. The van der Waals surface area contributed by atoms with Gasteiger partial charge in [-0.1, -0.05) is 24.3 Å². The van der Waals surface area contributed by atoms with Gasteiger partial charge in [0.05, 0.1) is 23.9 Å². The molecule has 0 aliphatic carbocycles. The minimum absolute atomic E-state index is 0.206. The zero-order chi connectivity index (χ0) is 15.5. The highest BCUT2D eigenvalue weighted by molar-refractivity contribution is 6.06. The van der Waals surface area contributed by atoms with Crippen molar-refractivity contribution < 1.29 is 9.53 Å². The second kappa shape index (κ2) is 5.85. The minimum Gasteiger partial charge on any atom is -0.495 e. The Balaban J connectivity index is 1.91. The first-order chi connectivity index (χ1) is 10.7. The number of ether oxygens (including phenoxy) is 1. The van der Waals surface area contributed by atoms with Crippen LogP contribution in [-0.2, 0) is 0 Å². The van der Waals surface area contributed by atoms with Crippen molar-refractivity contribution >= 4 is 22.5 Å². The van der Waals surface area contributed by atoms with Crippen molar-refractivity contribution in [3.8, 4) is 5.75 Å². The summed E-state index contributed by atoms with van der Waals surface area (Å²) in [5.41, 5.74) is 3.09. The molecule has 0 atom stereocenters. The second-order valence-electron chi connectivity index (χ2n) is 5.07. The lowest BCUT2D eigenvalue weighted by molar-refractivity contribution is 0.102. The Kier molecular flexibility index (Phi) is 3.74. The zero-order valence-electron chi connectivity index (χ0n) is 12.5. The van der Waals surface area contributed by atoms with Crippen molar-refractivity contribution in [3.05, 3.63) is 65.9 Å². The lowest BCUT2D eigenvalue weighted by atomic mass is 10.1. The molecule has 0 aliphatic heterocycles. The highest BCUT2D eigenvalue weighted by atomic mass is 16.5.